The zero-order valence-corrected chi connectivity index (χ0v) is 11.3. The monoisotopic (exact) mass is 267 g/mol. The van der Waals surface area contributed by atoms with E-state index in [0.29, 0.717) is 24.5 Å². The van der Waals surface area contributed by atoms with E-state index in [1.54, 1.807) is 13.0 Å². The minimum atomic E-state index is -0.344. The smallest absolute Gasteiger partial charge is 0.341 e. The number of likely N-dealkylation sites (tertiary alicyclic amines) is 1. The van der Waals surface area contributed by atoms with Crippen LogP contribution in [-0.4, -0.2) is 41.8 Å². The highest BCUT2D eigenvalue weighted by Gasteiger charge is 2.25. The number of hydrogen-bond acceptors (Lipinski definition) is 5. The fraction of sp³-hybridized carbons (Fsp3) is 0.643. The van der Waals surface area contributed by atoms with Crippen LogP contribution in [0.1, 0.15) is 42.3 Å². The number of esters is 1. The SMILES string of the molecule is CCOC(=O)c1ccoc1CN1CCCCC1CO. The molecule has 1 aromatic rings. The molecule has 19 heavy (non-hydrogen) atoms. The van der Waals surface area contributed by atoms with Crippen LogP contribution >= 0.6 is 0 Å². The van der Waals surface area contributed by atoms with E-state index in [9.17, 15) is 9.90 Å². The molecule has 0 saturated carbocycles. The fourth-order valence-corrected chi connectivity index (χ4v) is 2.51. The lowest BCUT2D eigenvalue weighted by Gasteiger charge is -2.33. The first-order chi connectivity index (χ1) is 9.26. The standard InChI is InChI=1S/C14H21NO4/c1-2-18-14(17)12-6-8-19-13(12)9-15-7-4-3-5-11(15)10-16/h6,8,11,16H,2-5,7,9-10H2,1H3. The average molecular weight is 267 g/mol. The summed E-state index contributed by atoms with van der Waals surface area (Å²) in [4.78, 5) is 13.9. The van der Waals surface area contributed by atoms with Gasteiger partial charge < -0.3 is 14.3 Å². The summed E-state index contributed by atoms with van der Waals surface area (Å²) < 4.78 is 10.4. The first kappa shape index (κ1) is 14.1. The Balaban J connectivity index is 2.06. The van der Waals surface area contributed by atoms with Crippen LogP contribution in [-0.2, 0) is 11.3 Å². The number of furan rings is 1. The Kier molecular flexibility index (Phi) is 4.99. The Morgan fingerprint density at radius 3 is 3.16 bits per heavy atom. The number of aliphatic hydroxyl groups is 1. The van der Waals surface area contributed by atoms with Crippen LogP contribution in [0.3, 0.4) is 0 Å². The van der Waals surface area contributed by atoms with Gasteiger partial charge in [0.05, 0.1) is 26.0 Å². The molecule has 1 saturated heterocycles. The van der Waals surface area contributed by atoms with Gasteiger partial charge in [-0.2, -0.15) is 0 Å². The molecule has 106 valence electrons. The lowest BCUT2D eigenvalue weighted by Crippen LogP contribution is -2.41. The molecule has 1 aliphatic rings. The predicted octanol–water partition coefficient (Wildman–Crippen LogP) is 1.80. The minimum Gasteiger partial charge on any atom is -0.467 e. The van der Waals surface area contributed by atoms with Crippen molar-refractivity contribution < 1.29 is 19.1 Å². The molecule has 0 amide bonds. The summed E-state index contributed by atoms with van der Waals surface area (Å²) in [6, 6.07) is 1.81. The Hall–Kier alpha value is -1.33. The van der Waals surface area contributed by atoms with Gasteiger partial charge in [0.1, 0.15) is 11.3 Å². The lowest BCUT2D eigenvalue weighted by atomic mass is 10.0. The molecule has 1 N–H and O–H groups in total. The number of carbonyl (C=O) groups excluding carboxylic acids is 1. The summed E-state index contributed by atoms with van der Waals surface area (Å²) in [7, 11) is 0. The summed E-state index contributed by atoms with van der Waals surface area (Å²) in [5.41, 5.74) is 0.490. The topological polar surface area (TPSA) is 62.9 Å². The molecule has 2 heterocycles. The Labute approximate surface area is 113 Å². The minimum absolute atomic E-state index is 0.148. The number of ether oxygens (including phenoxy) is 1. The number of hydrogen-bond donors (Lipinski definition) is 1. The molecule has 0 spiro atoms. The van der Waals surface area contributed by atoms with Crippen molar-refractivity contribution in [3.8, 4) is 0 Å². The molecule has 0 radical (unpaired) electrons. The van der Waals surface area contributed by atoms with Gasteiger partial charge in [0, 0.05) is 6.04 Å². The summed E-state index contributed by atoms with van der Waals surface area (Å²) in [6.07, 6.45) is 4.77. The van der Waals surface area contributed by atoms with E-state index in [1.807, 2.05) is 0 Å². The van der Waals surface area contributed by atoms with E-state index in [-0.39, 0.29) is 18.6 Å². The molecule has 5 nitrogen and oxygen atoms in total. The molecule has 0 aromatic carbocycles. The maximum atomic E-state index is 11.8. The van der Waals surface area contributed by atoms with Gasteiger partial charge in [-0.05, 0) is 32.4 Å². The molecule has 1 aromatic heterocycles. The highest BCUT2D eigenvalue weighted by atomic mass is 16.5. The van der Waals surface area contributed by atoms with Crippen LogP contribution in [0.2, 0.25) is 0 Å². The van der Waals surface area contributed by atoms with Crippen molar-refractivity contribution in [2.75, 3.05) is 19.8 Å². The van der Waals surface area contributed by atoms with Gasteiger partial charge >= 0.3 is 5.97 Å². The van der Waals surface area contributed by atoms with Crippen molar-refractivity contribution in [3.05, 3.63) is 23.7 Å². The van der Waals surface area contributed by atoms with Crippen molar-refractivity contribution in [2.45, 2.75) is 38.8 Å². The molecule has 0 aliphatic carbocycles. The highest BCUT2D eigenvalue weighted by Crippen LogP contribution is 2.21. The average Bonchev–Trinajstić information content (AvgIpc) is 2.88. The van der Waals surface area contributed by atoms with Crippen LogP contribution in [0.15, 0.2) is 16.7 Å². The van der Waals surface area contributed by atoms with Gasteiger partial charge in [0.2, 0.25) is 0 Å². The molecule has 1 aliphatic heterocycles. The van der Waals surface area contributed by atoms with Crippen LogP contribution < -0.4 is 0 Å². The normalized spacial score (nSPS) is 20.4. The number of rotatable bonds is 5. The van der Waals surface area contributed by atoms with Gasteiger partial charge in [0.25, 0.3) is 0 Å². The molecule has 0 bridgehead atoms. The van der Waals surface area contributed by atoms with E-state index in [4.69, 9.17) is 9.15 Å². The summed E-state index contributed by atoms with van der Waals surface area (Å²) in [5, 5.41) is 9.39. The third-order valence-corrected chi connectivity index (χ3v) is 3.55. The van der Waals surface area contributed by atoms with Crippen molar-refractivity contribution in [2.24, 2.45) is 0 Å². The van der Waals surface area contributed by atoms with Crippen LogP contribution in [0, 0.1) is 0 Å². The molecule has 5 heteroatoms. The quantitative estimate of drug-likeness (QED) is 0.824. The number of carbonyl (C=O) groups is 1. The van der Waals surface area contributed by atoms with E-state index < -0.39 is 0 Å². The molecular weight excluding hydrogens is 246 g/mol. The maximum absolute atomic E-state index is 11.8. The third-order valence-electron chi connectivity index (χ3n) is 3.55. The highest BCUT2D eigenvalue weighted by molar-refractivity contribution is 5.90. The molecule has 2 rings (SSSR count). The van der Waals surface area contributed by atoms with Gasteiger partial charge in [-0.3, -0.25) is 4.90 Å². The number of aliphatic hydroxyl groups excluding tert-OH is 1. The summed E-state index contributed by atoms with van der Waals surface area (Å²) in [6.45, 7) is 3.76. The van der Waals surface area contributed by atoms with Gasteiger partial charge in [-0.25, -0.2) is 4.79 Å². The van der Waals surface area contributed by atoms with Crippen LogP contribution in [0.25, 0.3) is 0 Å². The van der Waals surface area contributed by atoms with E-state index in [0.717, 1.165) is 25.8 Å². The second kappa shape index (κ2) is 6.73. The summed E-state index contributed by atoms with van der Waals surface area (Å²) in [5.74, 6) is 0.280. The zero-order chi connectivity index (χ0) is 13.7. The van der Waals surface area contributed by atoms with Crippen molar-refractivity contribution >= 4 is 5.97 Å². The first-order valence-electron chi connectivity index (χ1n) is 6.84. The van der Waals surface area contributed by atoms with Crippen LogP contribution in [0.5, 0.6) is 0 Å². The lowest BCUT2D eigenvalue weighted by molar-refractivity contribution is 0.0514. The first-order valence-corrected chi connectivity index (χ1v) is 6.84. The molecule has 1 fully saturated rings. The van der Waals surface area contributed by atoms with Gasteiger partial charge in [0.15, 0.2) is 0 Å². The molecule has 1 unspecified atom stereocenters. The van der Waals surface area contributed by atoms with Gasteiger partial charge in [-0.15, -0.1) is 0 Å². The van der Waals surface area contributed by atoms with Crippen molar-refractivity contribution in [3.63, 3.8) is 0 Å². The maximum Gasteiger partial charge on any atom is 0.341 e. The Bertz CT molecular complexity index is 415. The van der Waals surface area contributed by atoms with E-state index >= 15 is 0 Å². The Morgan fingerprint density at radius 1 is 1.58 bits per heavy atom. The van der Waals surface area contributed by atoms with Crippen molar-refractivity contribution in [1.82, 2.24) is 4.90 Å². The van der Waals surface area contributed by atoms with Crippen LogP contribution in [0.4, 0.5) is 0 Å². The number of nitrogens with zero attached hydrogens (tertiary/aromatic N) is 1. The van der Waals surface area contributed by atoms with E-state index in [1.165, 1.54) is 6.26 Å². The third kappa shape index (κ3) is 3.36. The van der Waals surface area contributed by atoms with Gasteiger partial charge in [-0.1, -0.05) is 6.42 Å². The predicted molar refractivity (Wildman–Crippen MR) is 69.8 cm³/mol. The second-order valence-corrected chi connectivity index (χ2v) is 4.78. The molecular formula is C14H21NO4. The Morgan fingerprint density at radius 2 is 2.42 bits per heavy atom. The summed E-state index contributed by atoms with van der Waals surface area (Å²) >= 11 is 0. The number of piperidine rings is 1. The zero-order valence-electron chi connectivity index (χ0n) is 11.3. The van der Waals surface area contributed by atoms with Crippen molar-refractivity contribution in [1.29, 1.82) is 0 Å². The van der Waals surface area contributed by atoms with E-state index in [2.05, 4.69) is 4.90 Å². The largest absolute Gasteiger partial charge is 0.467 e. The molecule has 1 atom stereocenters. The second-order valence-electron chi connectivity index (χ2n) is 4.78. The fourth-order valence-electron chi connectivity index (χ4n) is 2.51.